The summed E-state index contributed by atoms with van der Waals surface area (Å²) in [5.41, 5.74) is 0.600. The van der Waals surface area contributed by atoms with Gasteiger partial charge in [-0.25, -0.2) is 0 Å². The van der Waals surface area contributed by atoms with Crippen molar-refractivity contribution in [3.63, 3.8) is 0 Å². The summed E-state index contributed by atoms with van der Waals surface area (Å²) in [7, 11) is 1.92. The maximum Gasteiger partial charge on any atom is 0.223 e. The van der Waals surface area contributed by atoms with Gasteiger partial charge in [0.15, 0.2) is 5.78 Å². The highest BCUT2D eigenvalue weighted by Crippen LogP contribution is 2.20. The molecule has 24 heavy (non-hydrogen) atoms. The van der Waals surface area contributed by atoms with E-state index in [-0.39, 0.29) is 17.6 Å². The molecule has 2 rings (SSSR count). The Morgan fingerprint density at radius 2 is 2.12 bits per heavy atom. The van der Waals surface area contributed by atoms with Crippen molar-refractivity contribution in [2.75, 3.05) is 38.2 Å². The molecular weight excluding hydrogens is 322 g/mol. The van der Waals surface area contributed by atoms with E-state index in [1.807, 2.05) is 11.9 Å². The third kappa shape index (κ3) is 5.91. The molecule has 0 aliphatic carbocycles. The van der Waals surface area contributed by atoms with Gasteiger partial charge >= 0.3 is 0 Å². The SMILES string of the molecule is CNCCSCC(CC(=O)N1CCCCC1)C(=O)c1cccnc1. The largest absolute Gasteiger partial charge is 0.343 e. The number of aromatic nitrogens is 1. The minimum atomic E-state index is -0.273. The number of pyridine rings is 1. The number of hydrogen-bond donors (Lipinski definition) is 1. The second-order valence-electron chi connectivity index (χ2n) is 6.13. The van der Waals surface area contributed by atoms with Crippen LogP contribution in [0.5, 0.6) is 0 Å². The van der Waals surface area contributed by atoms with Crippen LogP contribution in [0.2, 0.25) is 0 Å². The van der Waals surface area contributed by atoms with E-state index >= 15 is 0 Å². The number of rotatable bonds is 9. The fourth-order valence-electron chi connectivity index (χ4n) is 2.85. The third-order valence-corrected chi connectivity index (χ3v) is 5.39. The highest BCUT2D eigenvalue weighted by molar-refractivity contribution is 7.99. The Morgan fingerprint density at radius 1 is 1.33 bits per heavy atom. The standard InChI is InChI=1S/C18H27N3O2S/c1-19-8-11-24-14-16(18(23)15-6-5-7-20-13-15)12-17(22)21-9-3-2-4-10-21/h5-7,13,16,19H,2-4,8-12,14H2,1H3. The van der Waals surface area contributed by atoms with Gasteiger partial charge in [-0.3, -0.25) is 14.6 Å². The summed E-state index contributed by atoms with van der Waals surface area (Å²) in [4.78, 5) is 31.3. The van der Waals surface area contributed by atoms with Gasteiger partial charge in [0.25, 0.3) is 0 Å². The third-order valence-electron chi connectivity index (χ3n) is 4.26. The smallest absolute Gasteiger partial charge is 0.223 e. The number of nitrogens with one attached hydrogen (secondary N) is 1. The van der Waals surface area contributed by atoms with Gasteiger partial charge in [-0.15, -0.1) is 0 Å². The quantitative estimate of drug-likeness (QED) is 0.547. The first kappa shape index (κ1) is 18.9. The number of hydrogen-bond acceptors (Lipinski definition) is 5. The zero-order chi connectivity index (χ0) is 17.2. The molecule has 1 atom stereocenters. The van der Waals surface area contributed by atoms with E-state index in [1.165, 1.54) is 6.42 Å². The first-order chi connectivity index (χ1) is 11.7. The van der Waals surface area contributed by atoms with Crippen LogP contribution in [-0.2, 0) is 4.79 Å². The first-order valence-corrected chi connectivity index (χ1v) is 9.82. The molecule has 2 heterocycles. The molecule has 1 N–H and O–H groups in total. The number of carbonyl (C=O) groups is 2. The monoisotopic (exact) mass is 349 g/mol. The van der Waals surface area contributed by atoms with Crippen molar-refractivity contribution in [3.05, 3.63) is 30.1 Å². The molecular formula is C18H27N3O2S. The second-order valence-corrected chi connectivity index (χ2v) is 7.28. The highest BCUT2D eigenvalue weighted by atomic mass is 32.2. The summed E-state index contributed by atoms with van der Waals surface area (Å²) in [5.74, 6) is 1.49. The van der Waals surface area contributed by atoms with Crippen LogP contribution in [0.1, 0.15) is 36.0 Å². The number of thioether (sulfide) groups is 1. The molecule has 1 aliphatic rings. The van der Waals surface area contributed by atoms with Crippen molar-refractivity contribution in [2.24, 2.45) is 5.92 Å². The molecule has 6 heteroatoms. The molecule has 0 radical (unpaired) electrons. The summed E-state index contributed by atoms with van der Waals surface area (Å²) >= 11 is 1.72. The van der Waals surface area contributed by atoms with Crippen molar-refractivity contribution >= 4 is 23.5 Å². The highest BCUT2D eigenvalue weighted by Gasteiger charge is 2.26. The van der Waals surface area contributed by atoms with E-state index in [2.05, 4.69) is 10.3 Å². The summed E-state index contributed by atoms with van der Waals surface area (Å²) in [5, 5.41) is 3.10. The number of amides is 1. The topological polar surface area (TPSA) is 62.3 Å². The van der Waals surface area contributed by atoms with Crippen molar-refractivity contribution < 1.29 is 9.59 Å². The number of likely N-dealkylation sites (tertiary alicyclic amines) is 1. The van der Waals surface area contributed by atoms with Gasteiger partial charge in [-0.05, 0) is 38.4 Å². The molecule has 1 aromatic heterocycles. The number of nitrogens with zero attached hydrogens (tertiary/aromatic N) is 2. The molecule has 0 bridgehead atoms. The van der Waals surface area contributed by atoms with Gasteiger partial charge in [0, 0.05) is 61.4 Å². The normalized spacial score (nSPS) is 16.0. The predicted molar refractivity (Wildman–Crippen MR) is 98.4 cm³/mol. The Kier molecular flexibility index (Phi) is 8.25. The molecule has 1 aromatic rings. The number of carbonyl (C=O) groups excluding carboxylic acids is 2. The average molecular weight is 349 g/mol. The maximum absolute atomic E-state index is 12.8. The summed E-state index contributed by atoms with van der Waals surface area (Å²) in [6.07, 6.45) is 6.90. The number of ketones is 1. The van der Waals surface area contributed by atoms with Gasteiger partial charge < -0.3 is 10.2 Å². The summed E-state index contributed by atoms with van der Waals surface area (Å²) < 4.78 is 0. The minimum absolute atomic E-state index is 0.0328. The maximum atomic E-state index is 12.8. The Bertz CT molecular complexity index is 518. The lowest BCUT2D eigenvalue weighted by molar-refractivity contribution is -0.132. The Morgan fingerprint density at radius 3 is 2.79 bits per heavy atom. The summed E-state index contributed by atoms with van der Waals surface area (Å²) in [6, 6.07) is 3.55. The zero-order valence-electron chi connectivity index (χ0n) is 14.4. The van der Waals surface area contributed by atoms with Crippen LogP contribution in [0.15, 0.2) is 24.5 Å². The number of Topliss-reactive ketones (excluding diaryl/α,β-unsaturated/α-hetero) is 1. The van der Waals surface area contributed by atoms with Crippen LogP contribution in [0.4, 0.5) is 0 Å². The van der Waals surface area contributed by atoms with Crippen molar-refractivity contribution in [1.82, 2.24) is 15.2 Å². The molecule has 1 saturated heterocycles. The molecule has 0 saturated carbocycles. The zero-order valence-corrected chi connectivity index (χ0v) is 15.2. The summed E-state index contributed by atoms with van der Waals surface area (Å²) in [6.45, 7) is 2.57. The Balaban J connectivity index is 1.98. The van der Waals surface area contributed by atoms with Gasteiger partial charge in [-0.1, -0.05) is 0 Å². The van der Waals surface area contributed by atoms with Crippen molar-refractivity contribution in [2.45, 2.75) is 25.7 Å². The molecule has 1 fully saturated rings. The van der Waals surface area contributed by atoms with Gasteiger partial charge in [0.2, 0.25) is 5.91 Å². The van der Waals surface area contributed by atoms with Crippen LogP contribution < -0.4 is 5.32 Å². The fourth-order valence-corrected chi connectivity index (χ4v) is 3.92. The first-order valence-electron chi connectivity index (χ1n) is 8.66. The lowest BCUT2D eigenvalue weighted by Crippen LogP contribution is -2.38. The molecule has 0 spiro atoms. The van der Waals surface area contributed by atoms with Gasteiger partial charge in [-0.2, -0.15) is 11.8 Å². The van der Waals surface area contributed by atoms with Gasteiger partial charge in [0.05, 0.1) is 0 Å². The van der Waals surface area contributed by atoms with Crippen LogP contribution >= 0.6 is 11.8 Å². The fraction of sp³-hybridized carbons (Fsp3) is 0.611. The van der Waals surface area contributed by atoms with E-state index < -0.39 is 0 Å². The minimum Gasteiger partial charge on any atom is -0.343 e. The molecule has 1 amide bonds. The van der Waals surface area contributed by atoms with E-state index in [4.69, 9.17) is 0 Å². The predicted octanol–water partition coefficient (Wildman–Crippen LogP) is 2.24. The second kappa shape index (κ2) is 10.5. The van der Waals surface area contributed by atoms with Crippen LogP contribution in [-0.4, -0.2) is 59.8 Å². The van der Waals surface area contributed by atoms with Crippen LogP contribution in [0.3, 0.4) is 0 Å². The van der Waals surface area contributed by atoms with E-state index in [0.29, 0.717) is 17.7 Å². The van der Waals surface area contributed by atoms with Gasteiger partial charge in [0.1, 0.15) is 0 Å². The van der Waals surface area contributed by atoms with Crippen LogP contribution in [0.25, 0.3) is 0 Å². The lowest BCUT2D eigenvalue weighted by atomic mass is 9.96. The molecule has 1 aliphatic heterocycles. The average Bonchev–Trinajstić information content (AvgIpc) is 2.65. The van der Waals surface area contributed by atoms with Crippen molar-refractivity contribution in [3.8, 4) is 0 Å². The molecule has 132 valence electrons. The van der Waals surface area contributed by atoms with Crippen LogP contribution in [0, 0.1) is 5.92 Å². The van der Waals surface area contributed by atoms with E-state index in [0.717, 1.165) is 38.2 Å². The lowest BCUT2D eigenvalue weighted by Gasteiger charge is -2.28. The Hall–Kier alpha value is -1.40. The molecule has 0 aromatic carbocycles. The Labute approximate surface area is 148 Å². The number of piperidine rings is 1. The van der Waals surface area contributed by atoms with Crippen molar-refractivity contribution in [1.29, 1.82) is 0 Å². The van der Waals surface area contributed by atoms with E-state index in [9.17, 15) is 9.59 Å². The molecule has 1 unspecified atom stereocenters. The molecule has 5 nitrogen and oxygen atoms in total. The van der Waals surface area contributed by atoms with E-state index in [1.54, 1.807) is 36.3 Å².